The first kappa shape index (κ1) is 11.5. The largest absolute Gasteiger partial charge is 0.328 e. The molecule has 0 atom stereocenters. The Bertz CT molecular complexity index is 306. The highest BCUT2D eigenvalue weighted by Gasteiger charge is 2.21. The zero-order valence-corrected chi connectivity index (χ0v) is 9.84. The Morgan fingerprint density at radius 3 is 2.69 bits per heavy atom. The van der Waals surface area contributed by atoms with Crippen molar-refractivity contribution in [3.8, 4) is 0 Å². The molecule has 1 aliphatic carbocycles. The molecule has 1 aromatic heterocycles. The molecule has 0 radical (unpaired) electrons. The van der Waals surface area contributed by atoms with E-state index in [1.165, 1.54) is 12.8 Å². The van der Waals surface area contributed by atoms with E-state index < -0.39 is 0 Å². The summed E-state index contributed by atoms with van der Waals surface area (Å²) in [5.74, 6) is 0. The molecule has 1 aromatic rings. The molecule has 0 bridgehead atoms. The number of nitrogens with zero attached hydrogens (tertiary/aromatic N) is 3. The third kappa shape index (κ3) is 3.00. The lowest BCUT2D eigenvalue weighted by molar-refractivity contribution is 0.174. The summed E-state index contributed by atoms with van der Waals surface area (Å²) in [5, 5.41) is 0. The number of hydrogen-bond acceptors (Lipinski definition) is 4. The van der Waals surface area contributed by atoms with Crippen LogP contribution in [0.4, 0.5) is 0 Å². The molecule has 0 saturated heterocycles. The van der Waals surface area contributed by atoms with E-state index in [-0.39, 0.29) is 0 Å². The van der Waals surface area contributed by atoms with Gasteiger partial charge in [-0.05, 0) is 32.7 Å². The van der Waals surface area contributed by atoms with Gasteiger partial charge < -0.3 is 5.73 Å². The molecule has 88 valence electrons. The van der Waals surface area contributed by atoms with Gasteiger partial charge in [0.15, 0.2) is 0 Å². The molecule has 1 fully saturated rings. The molecule has 0 aromatic carbocycles. The first-order chi connectivity index (χ1) is 7.75. The maximum absolute atomic E-state index is 5.91. The van der Waals surface area contributed by atoms with E-state index in [1.54, 1.807) is 12.4 Å². The molecule has 1 saturated carbocycles. The smallest absolute Gasteiger partial charge is 0.0726 e. The van der Waals surface area contributed by atoms with Crippen molar-refractivity contribution in [3.05, 3.63) is 24.3 Å². The molecule has 0 aliphatic heterocycles. The van der Waals surface area contributed by atoms with Gasteiger partial charge in [-0.15, -0.1) is 0 Å². The molecule has 4 nitrogen and oxygen atoms in total. The van der Waals surface area contributed by atoms with Gasteiger partial charge in [0.25, 0.3) is 0 Å². The summed E-state index contributed by atoms with van der Waals surface area (Å²) in [4.78, 5) is 10.8. The predicted molar refractivity (Wildman–Crippen MR) is 63.7 cm³/mol. The molecular weight excluding hydrogens is 200 g/mol. The normalized spacial score (nSPS) is 25.9. The van der Waals surface area contributed by atoms with Crippen LogP contribution in [0, 0.1) is 0 Å². The van der Waals surface area contributed by atoms with Gasteiger partial charge in [0.05, 0.1) is 5.69 Å². The van der Waals surface area contributed by atoms with Crippen molar-refractivity contribution in [2.45, 2.75) is 44.3 Å². The molecular formula is C12H20N4. The highest BCUT2D eigenvalue weighted by atomic mass is 15.1. The molecule has 2 rings (SSSR count). The van der Waals surface area contributed by atoms with E-state index in [2.05, 4.69) is 21.9 Å². The van der Waals surface area contributed by atoms with Crippen LogP contribution in [0.1, 0.15) is 31.4 Å². The Morgan fingerprint density at radius 2 is 2.06 bits per heavy atom. The molecule has 1 heterocycles. The molecule has 0 amide bonds. The van der Waals surface area contributed by atoms with E-state index >= 15 is 0 Å². The Kier molecular flexibility index (Phi) is 3.85. The average molecular weight is 220 g/mol. The number of rotatable bonds is 3. The van der Waals surface area contributed by atoms with Crippen LogP contribution in [0.5, 0.6) is 0 Å². The first-order valence-corrected chi connectivity index (χ1v) is 5.96. The Hall–Kier alpha value is -1.00. The molecule has 4 heteroatoms. The third-order valence-corrected chi connectivity index (χ3v) is 3.39. The lowest BCUT2D eigenvalue weighted by atomic mass is 9.91. The van der Waals surface area contributed by atoms with Crippen molar-refractivity contribution in [1.29, 1.82) is 0 Å². The van der Waals surface area contributed by atoms with Crippen molar-refractivity contribution in [2.24, 2.45) is 5.73 Å². The van der Waals surface area contributed by atoms with Gasteiger partial charge >= 0.3 is 0 Å². The Balaban J connectivity index is 1.86. The van der Waals surface area contributed by atoms with Crippen molar-refractivity contribution >= 4 is 0 Å². The first-order valence-electron chi connectivity index (χ1n) is 5.96. The monoisotopic (exact) mass is 220 g/mol. The molecule has 1 aliphatic rings. The minimum Gasteiger partial charge on any atom is -0.328 e. The SMILES string of the molecule is CN(Cc1cnccn1)C1CCC(N)CC1. The Morgan fingerprint density at radius 1 is 1.31 bits per heavy atom. The van der Waals surface area contributed by atoms with Gasteiger partial charge in [-0.1, -0.05) is 0 Å². The minimum atomic E-state index is 0.418. The van der Waals surface area contributed by atoms with E-state index in [0.717, 1.165) is 25.1 Å². The molecule has 2 N–H and O–H groups in total. The van der Waals surface area contributed by atoms with E-state index in [1.807, 2.05) is 6.20 Å². The van der Waals surface area contributed by atoms with E-state index in [4.69, 9.17) is 5.73 Å². The van der Waals surface area contributed by atoms with E-state index in [0.29, 0.717) is 12.1 Å². The van der Waals surface area contributed by atoms with Gasteiger partial charge in [-0.25, -0.2) is 0 Å². The fraction of sp³-hybridized carbons (Fsp3) is 0.667. The van der Waals surface area contributed by atoms with E-state index in [9.17, 15) is 0 Å². The van der Waals surface area contributed by atoms with Crippen LogP contribution in [-0.2, 0) is 6.54 Å². The van der Waals surface area contributed by atoms with Gasteiger partial charge in [-0.3, -0.25) is 14.9 Å². The second-order valence-corrected chi connectivity index (χ2v) is 4.68. The number of nitrogens with two attached hydrogens (primary N) is 1. The summed E-state index contributed by atoms with van der Waals surface area (Å²) in [6, 6.07) is 1.07. The van der Waals surface area contributed by atoms with Crippen molar-refractivity contribution in [2.75, 3.05) is 7.05 Å². The lowest BCUT2D eigenvalue weighted by Crippen LogP contribution is -2.38. The van der Waals surface area contributed by atoms with Crippen molar-refractivity contribution in [3.63, 3.8) is 0 Å². The van der Waals surface area contributed by atoms with Crippen LogP contribution < -0.4 is 5.73 Å². The van der Waals surface area contributed by atoms with Crippen LogP contribution >= 0.6 is 0 Å². The fourth-order valence-corrected chi connectivity index (χ4v) is 2.34. The minimum absolute atomic E-state index is 0.418. The fourth-order valence-electron chi connectivity index (χ4n) is 2.34. The maximum atomic E-state index is 5.91. The standard InChI is InChI=1S/C12H20N4/c1-16(9-11-8-14-6-7-15-11)12-4-2-10(13)3-5-12/h6-8,10,12H,2-5,9,13H2,1H3. The van der Waals surface area contributed by atoms with Crippen LogP contribution in [0.25, 0.3) is 0 Å². The maximum Gasteiger partial charge on any atom is 0.0726 e. The van der Waals surface area contributed by atoms with Gasteiger partial charge in [-0.2, -0.15) is 0 Å². The highest BCUT2D eigenvalue weighted by Crippen LogP contribution is 2.21. The number of aromatic nitrogens is 2. The van der Waals surface area contributed by atoms with Gasteiger partial charge in [0.2, 0.25) is 0 Å². The highest BCUT2D eigenvalue weighted by molar-refractivity contribution is 4.95. The molecule has 16 heavy (non-hydrogen) atoms. The number of hydrogen-bond donors (Lipinski definition) is 1. The zero-order chi connectivity index (χ0) is 11.4. The summed E-state index contributed by atoms with van der Waals surface area (Å²) < 4.78 is 0. The molecule has 0 unspecified atom stereocenters. The van der Waals surface area contributed by atoms with Crippen LogP contribution in [0.3, 0.4) is 0 Å². The second-order valence-electron chi connectivity index (χ2n) is 4.68. The Labute approximate surface area is 96.9 Å². The van der Waals surface area contributed by atoms with Crippen molar-refractivity contribution < 1.29 is 0 Å². The summed E-state index contributed by atoms with van der Waals surface area (Å²) in [6.07, 6.45) is 10.0. The summed E-state index contributed by atoms with van der Waals surface area (Å²) in [5.41, 5.74) is 6.95. The average Bonchev–Trinajstić information content (AvgIpc) is 2.31. The lowest BCUT2D eigenvalue weighted by Gasteiger charge is -2.33. The predicted octanol–water partition coefficient (Wildman–Crippen LogP) is 1.18. The zero-order valence-electron chi connectivity index (χ0n) is 9.84. The summed E-state index contributed by atoms with van der Waals surface area (Å²) in [6.45, 7) is 0.883. The summed E-state index contributed by atoms with van der Waals surface area (Å²) >= 11 is 0. The van der Waals surface area contributed by atoms with Crippen molar-refractivity contribution in [1.82, 2.24) is 14.9 Å². The van der Waals surface area contributed by atoms with Crippen LogP contribution in [-0.4, -0.2) is 34.0 Å². The van der Waals surface area contributed by atoms with Crippen LogP contribution in [0.15, 0.2) is 18.6 Å². The van der Waals surface area contributed by atoms with Gasteiger partial charge in [0.1, 0.15) is 0 Å². The second kappa shape index (κ2) is 5.37. The summed E-state index contributed by atoms with van der Waals surface area (Å²) in [7, 11) is 2.16. The quantitative estimate of drug-likeness (QED) is 0.831. The molecule has 0 spiro atoms. The third-order valence-electron chi connectivity index (χ3n) is 3.39. The topological polar surface area (TPSA) is 55.0 Å². The van der Waals surface area contributed by atoms with Crippen LogP contribution in [0.2, 0.25) is 0 Å². The van der Waals surface area contributed by atoms with Gasteiger partial charge in [0, 0.05) is 37.2 Å².